The van der Waals surface area contributed by atoms with E-state index in [4.69, 9.17) is 4.74 Å². The minimum Gasteiger partial charge on any atom is -0.379 e. The average Bonchev–Trinajstić information content (AvgIpc) is 3.06. The van der Waals surface area contributed by atoms with Crippen LogP contribution in [0.15, 0.2) is 18.5 Å². The number of ether oxygens (including phenoxy) is 1. The first-order valence-electron chi connectivity index (χ1n) is 9.07. The fraction of sp³-hybridized carbons (Fsp3) is 0.632. The minimum absolute atomic E-state index is 0.0957. The van der Waals surface area contributed by atoms with Crippen LogP contribution in [0.1, 0.15) is 37.6 Å². The van der Waals surface area contributed by atoms with Gasteiger partial charge in [0.25, 0.3) is 5.91 Å². The van der Waals surface area contributed by atoms with Gasteiger partial charge in [0.15, 0.2) is 0 Å². The second kappa shape index (κ2) is 6.96. The number of nitrogens with zero attached hydrogens (tertiary/aromatic N) is 3. The molecular formula is C19H28N4O3. The number of piperazine rings is 1. The van der Waals surface area contributed by atoms with Gasteiger partial charge in [-0.1, -0.05) is 20.8 Å². The number of nitrogens with one attached hydrogen (secondary N) is 1. The Labute approximate surface area is 154 Å². The third-order valence-electron chi connectivity index (χ3n) is 5.35. The first kappa shape index (κ1) is 18.8. The quantitative estimate of drug-likeness (QED) is 0.867. The largest absolute Gasteiger partial charge is 0.379 e. The van der Waals surface area contributed by atoms with Gasteiger partial charge in [-0.25, -0.2) is 0 Å². The molecule has 142 valence electrons. The van der Waals surface area contributed by atoms with E-state index in [0.29, 0.717) is 30.9 Å². The molecular weight excluding hydrogens is 332 g/mol. The van der Waals surface area contributed by atoms with Crippen LogP contribution >= 0.6 is 0 Å². The molecule has 7 nitrogen and oxygen atoms in total. The van der Waals surface area contributed by atoms with Gasteiger partial charge in [0, 0.05) is 44.0 Å². The van der Waals surface area contributed by atoms with Gasteiger partial charge < -0.3 is 15.0 Å². The molecule has 3 heterocycles. The smallest absolute Gasteiger partial charge is 0.257 e. The van der Waals surface area contributed by atoms with Crippen LogP contribution in [0, 0.1) is 5.41 Å². The summed E-state index contributed by atoms with van der Waals surface area (Å²) in [5, 5.41) is 2.88. The van der Waals surface area contributed by atoms with Crippen molar-refractivity contribution in [2.24, 2.45) is 5.41 Å². The zero-order valence-electron chi connectivity index (χ0n) is 16.0. The minimum atomic E-state index is -0.539. The van der Waals surface area contributed by atoms with E-state index in [1.165, 1.54) is 6.20 Å². The zero-order chi connectivity index (χ0) is 18.9. The van der Waals surface area contributed by atoms with Crippen molar-refractivity contribution in [1.29, 1.82) is 0 Å². The van der Waals surface area contributed by atoms with E-state index in [2.05, 4.69) is 22.2 Å². The van der Waals surface area contributed by atoms with Crippen molar-refractivity contribution in [2.45, 2.75) is 32.7 Å². The topological polar surface area (TPSA) is 74.8 Å². The number of anilines is 1. The van der Waals surface area contributed by atoms with Crippen LogP contribution in [0.25, 0.3) is 0 Å². The van der Waals surface area contributed by atoms with Crippen LogP contribution in [0.4, 0.5) is 5.69 Å². The van der Waals surface area contributed by atoms with E-state index >= 15 is 0 Å². The summed E-state index contributed by atoms with van der Waals surface area (Å²) < 4.78 is 5.61. The summed E-state index contributed by atoms with van der Waals surface area (Å²) >= 11 is 0. The van der Waals surface area contributed by atoms with Gasteiger partial charge in [-0.15, -0.1) is 0 Å². The van der Waals surface area contributed by atoms with Crippen LogP contribution in [0.2, 0.25) is 0 Å². The standard InChI is InChI=1S/C19H28N4O3/c1-18(2,3)17(25)21-15-5-7-20-11-14(15)16(24)23-9-8-22(4)19(12-23)6-10-26-13-19/h5,7,11H,6,8-10,12-13H2,1-4H3,(H,20,21,25). The van der Waals surface area contributed by atoms with Crippen molar-refractivity contribution >= 4 is 17.5 Å². The third-order valence-corrected chi connectivity index (χ3v) is 5.35. The maximum Gasteiger partial charge on any atom is 0.257 e. The van der Waals surface area contributed by atoms with Crippen molar-refractivity contribution in [3.8, 4) is 0 Å². The van der Waals surface area contributed by atoms with Gasteiger partial charge in [0.05, 0.1) is 23.4 Å². The summed E-state index contributed by atoms with van der Waals surface area (Å²) in [6.45, 7) is 8.99. The van der Waals surface area contributed by atoms with E-state index in [1.807, 2.05) is 25.7 Å². The van der Waals surface area contributed by atoms with E-state index in [1.54, 1.807) is 12.3 Å². The van der Waals surface area contributed by atoms with Crippen molar-refractivity contribution < 1.29 is 14.3 Å². The highest BCUT2D eigenvalue weighted by atomic mass is 16.5. The molecule has 0 saturated carbocycles. The summed E-state index contributed by atoms with van der Waals surface area (Å²) in [7, 11) is 2.09. The molecule has 0 aromatic carbocycles. The fourth-order valence-corrected chi connectivity index (χ4v) is 3.41. The van der Waals surface area contributed by atoms with Gasteiger partial charge in [0.1, 0.15) is 0 Å². The number of carbonyl (C=O) groups excluding carboxylic acids is 2. The van der Waals surface area contributed by atoms with E-state index < -0.39 is 5.41 Å². The molecule has 26 heavy (non-hydrogen) atoms. The SMILES string of the molecule is CN1CCN(C(=O)c2cnccc2NC(=O)C(C)(C)C)CC12CCOC2. The van der Waals surface area contributed by atoms with Crippen LogP contribution in [0.5, 0.6) is 0 Å². The lowest BCUT2D eigenvalue weighted by Gasteiger charge is -2.46. The monoisotopic (exact) mass is 360 g/mol. The number of carbonyl (C=O) groups is 2. The Morgan fingerprint density at radius 3 is 2.73 bits per heavy atom. The fourth-order valence-electron chi connectivity index (χ4n) is 3.41. The Morgan fingerprint density at radius 1 is 1.31 bits per heavy atom. The predicted molar refractivity (Wildman–Crippen MR) is 99.0 cm³/mol. The molecule has 1 spiro atoms. The molecule has 2 amide bonds. The van der Waals surface area contributed by atoms with Crippen molar-refractivity contribution in [3.63, 3.8) is 0 Å². The summed E-state index contributed by atoms with van der Waals surface area (Å²) in [5.41, 5.74) is 0.303. The predicted octanol–water partition coefficient (Wildman–Crippen LogP) is 1.61. The first-order valence-corrected chi connectivity index (χ1v) is 9.07. The molecule has 1 aromatic heterocycles. The highest BCUT2D eigenvalue weighted by molar-refractivity contribution is 6.04. The summed E-state index contributed by atoms with van der Waals surface area (Å²) in [4.78, 5) is 33.8. The first-order chi connectivity index (χ1) is 12.2. The molecule has 1 N–H and O–H groups in total. The third kappa shape index (κ3) is 3.59. The molecule has 2 fully saturated rings. The average molecular weight is 360 g/mol. The Kier molecular flexibility index (Phi) is 5.03. The maximum absolute atomic E-state index is 13.2. The molecule has 7 heteroatoms. The molecule has 1 aromatic rings. The van der Waals surface area contributed by atoms with Crippen LogP contribution < -0.4 is 5.32 Å². The normalized spacial score (nSPS) is 24.1. The molecule has 3 rings (SSSR count). The van der Waals surface area contributed by atoms with Crippen LogP contribution in [0.3, 0.4) is 0 Å². The molecule has 2 aliphatic rings. The number of amides is 2. The second-order valence-corrected chi connectivity index (χ2v) is 8.30. The summed E-state index contributed by atoms with van der Waals surface area (Å²) in [6.07, 6.45) is 4.05. The van der Waals surface area contributed by atoms with Crippen LogP contribution in [-0.4, -0.2) is 72.0 Å². The van der Waals surface area contributed by atoms with Gasteiger partial charge >= 0.3 is 0 Å². The second-order valence-electron chi connectivity index (χ2n) is 8.30. The number of hydrogen-bond donors (Lipinski definition) is 1. The lowest BCUT2D eigenvalue weighted by atomic mass is 9.93. The number of aromatic nitrogens is 1. The highest BCUT2D eigenvalue weighted by Gasteiger charge is 2.44. The number of hydrogen-bond acceptors (Lipinski definition) is 5. The van der Waals surface area contributed by atoms with Gasteiger partial charge in [-0.2, -0.15) is 0 Å². The molecule has 0 aliphatic carbocycles. The molecule has 0 bridgehead atoms. The maximum atomic E-state index is 13.2. The lowest BCUT2D eigenvalue weighted by Crippen LogP contribution is -2.62. The number of likely N-dealkylation sites (N-methyl/N-ethyl adjacent to an activating group) is 1. The molecule has 2 aliphatic heterocycles. The summed E-state index contributed by atoms with van der Waals surface area (Å²) in [5.74, 6) is -0.224. The molecule has 1 atom stereocenters. The zero-order valence-corrected chi connectivity index (χ0v) is 16.0. The van der Waals surface area contributed by atoms with Crippen molar-refractivity contribution in [3.05, 3.63) is 24.0 Å². The van der Waals surface area contributed by atoms with E-state index in [0.717, 1.165) is 19.6 Å². The van der Waals surface area contributed by atoms with E-state index in [-0.39, 0.29) is 17.4 Å². The van der Waals surface area contributed by atoms with Crippen molar-refractivity contribution in [1.82, 2.24) is 14.8 Å². The lowest BCUT2D eigenvalue weighted by molar-refractivity contribution is -0.123. The van der Waals surface area contributed by atoms with Gasteiger partial charge in [-0.05, 0) is 19.5 Å². The number of pyridine rings is 1. The van der Waals surface area contributed by atoms with Crippen LogP contribution in [-0.2, 0) is 9.53 Å². The Hall–Kier alpha value is -1.99. The molecule has 0 radical (unpaired) electrons. The highest BCUT2D eigenvalue weighted by Crippen LogP contribution is 2.30. The summed E-state index contributed by atoms with van der Waals surface area (Å²) in [6, 6.07) is 1.68. The molecule has 2 saturated heterocycles. The van der Waals surface area contributed by atoms with Gasteiger partial charge in [-0.3, -0.25) is 19.5 Å². The Balaban J connectivity index is 1.81. The Morgan fingerprint density at radius 2 is 2.08 bits per heavy atom. The van der Waals surface area contributed by atoms with Crippen molar-refractivity contribution in [2.75, 3.05) is 45.2 Å². The number of rotatable bonds is 2. The van der Waals surface area contributed by atoms with Gasteiger partial charge in [0.2, 0.25) is 5.91 Å². The molecule has 1 unspecified atom stereocenters. The van der Waals surface area contributed by atoms with E-state index in [9.17, 15) is 9.59 Å². The Bertz CT molecular complexity index is 692.